The van der Waals surface area contributed by atoms with Gasteiger partial charge in [-0.2, -0.15) is 0 Å². The Kier molecular flexibility index (Phi) is 6.54. The SMILES string of the molecule is CCCOc1ccc(CNc2ccccc2OCc2ccccc2)cc1. The van der Waals surface area contributed by atoms with E-state index in [2.05, 4.69) is 36.5 Å². The van der Waals surface area contributed by atoms with Gasteiger partial charge in [0.2, 0.25) is 0 Å². The Labute approximate surface area is 155 Å². The highest BCUT2D eigenvalue weighted by Crippen LogP contribution is 2.25. The van der Waals surface area contributed by atoms with E-state index < -0.39 is 0 Å². The lowest BCUT2D eigenvalue weighted by Crippen LogP contribution is -2.03. The maximum atomic E-state index is 5.99. The van der Waals surface area contributed by atoms with Crippen LogP contribution in [-0.2, 0) is 13.2 Å². The Hall–Kier alpha value is -2.94. The first-order valence-electron chi connectivity index (χ1n) is 9.06. The molecule has 0 radical (unpaired) electrons. The third-order valence-corrected chi connectivity index (χ3v) is 4.00. The minimum absolute atomic E-state index is 0.559. The highest BCUT2D eigenvalue weighted by atomic mass is 16.5. The van der Waals surface area contributed by atoms with Crippen molar-refractivity contribution in [2.75, 3.05) is 11.9 Å². The molecule has 0 aliphatic rings. The van der Waals surface area contributed by atoms with E-state index in [1.807, 2.05) is 54.6 Å². The van der Waals surface area contributed by atoms with E-state index in [0.29, 0.717) is 6.61 Å². The highest BCUT2D eigenvalue weighted by molar-refractivity contribution is 5.56. The van der Waals surface area contributed by atoms with Crippen molar-refractivity contribution in [3.8, 4) is 11.5 Å². The third-order valence-electron chi connectivity index (χ3n) is 4.00. The molecule has 134 valence electrons. The smallest absolute Gasteiger partial charge is 0.142 e. The third kappa shape index (κ3) is 5.28. The second-order valence-electron chi connectivity index (χ2n) is 6.12. The fourth-order valence-corrected chi connectivity index (χ4v) is 2.59. The molecular formula is C23H25NO2. The summed E-state index contributed by atoms with van der Waals surface area (Å²) in [6, 6.07) is 26.4. The van der Waals surface area contributed by atoms with Crippen LogP contribution in [-0.4, -0.2) is 6.61 Å². The van der Waals surface area contributed by atoms with Crippen LogP contribution < -0.4 is 14.8 Å². The van der Waals surface area contributed by atoms with Gasteiger partial charge in [-0.15, -0.1) is 0 Å². The lowest BCUT2D eigenvalue weighted by Gasteiger charge is -2.13. The zero-order chi connectivity index (χ0) is 18.0. The van der Waals surface area contributed by atoms with Crippen LogP contribution in [0.3, 0.4) is 0 Å². The van der Waals surface area contributed by atoms with E-state index in [0.717, 1.165) is 42.3 Å². The van der Waals surface area contributed by atoms with Gasteiger partial charge in [0.05, 0.1) is 12.3 Å². The van der Waals surface area contributed by atoms with Gasteiger partial charge in [0.15, 0.2) is 0 Å². The molecule has 0 saturated heterocycles. The second kappa shape index (κ2) is 9.52. The normalized spacial score (nSPS) is 10.3. The summed E-state index contributed by atoms with van der Waals surface area (Å²) < 4.78 is 11.6. The van der Waals surface area contributed by atoms with Crippen LogP contribution in [0.4, 0.5) is 5.69 Å². The molecule has 3 aromatic carbocycles. The second-order valence-corrected chi connectivity index (χ2v) is 6.12. The van der Waals surface area contributed by atoms with Gasteiger partial charge < -0.3 is 14.8 Å². The molecule has 3 rings (SSSR count). The topological polar surface area (TPSA) is 30.5 Å². The van der Waals surface area contributed by atoms with Gasteiger partial charge >= 0.3 is 0 Å². The van der Waals surface area contributed by atoms with E-state index >= 15 is 0 Å². The number of hydrogen-bond acceptors (Lipinski definition) is 3. The molecule has 0 bridgehead atoms. The van der Waals surface area contributed by atoms with Crippen LogP contribution in [0.2, 0.25) is 0 Å². The number of anilines is 1. The molecule has 0 spiro atoms. The first kappa shape index (κ1) is 17.9. The van der Waals surface area contributed by atoms with Crippen LogP contribution in [0.25, 0.3) is 0 Å². The zero-order valence-corrected chi connectivity index (χ0v) is 15.2. The molecule has 0 aliphatic carbocycles. The summed E-state index contributed by atoms with van der Waals surface area (Å²) in [5.41, 5.74) is 3.35. The quantitative estimate of drug-likeness (QED) is 0.541. The fourth-order valence-electron chi connectivity index (χ4n) is 2.59. The molecular weight excluding hydrogens is 322 g/mol. The van der Waals surface area contributed by atoms with Gasteiger partial charge in [-0.25, -0.2) is 0 Å². The minimum Gasteiger partial charge on any atom is -0.494 e. The number of benzene rings is 3. The predicted octanol–water partition coefficient (Wildman–Crippen LogP) is 5.67. The molecule has 0 heterocycles. The van der Waals surface area contributed by atoms with Gasteiger partial charge in [0, 0.05) is 6.54 Å². The minimum atomic E-state index is 0.559. The largest absolute Gasteiger partial charge is 0.494 e. The maximum Gasteiger partial charge on any atom is 0.142 e. The summed E-state index contributed by atoms with van der Waals surface area (Å²) >= 11 is 0. The summed E-state index contributed by atoms with van der Waals surface area (Å²) in [6.07, 6.45) is 1.02. The van der Waals surface area contributed by atoms with Crippen LogP contribution in [0.15, 0.2) is 78.9 Å². The van der Waals surface area contributed by atoms with Crippen molar-refractivity contribution in [1.82, 2.24) is 0 Å². The summed E-state index contributed by atoms with van der Waals surface area (Å²) in [7, 11) is 0. The van der Waals surface area contributed by atoms with Gasteiger partial charge in [-0.3, -0.25) is 0 Å². The van der Waals surface area contributed by atoms with Crippen molar-refractivity contribution in [3.63, 3.8) is 0 Å². The number of hydrogen-bond donors (Lipinski definition) is 1. The molecule has 3 heteroatoms. The van der Waals surface area contributed by atoms with E-state index in [4.69, 9.17) is 9.47 Å². The van der Waals surface area contributed by atoms with Crippen molar-refractivity contribution in [1.29, 1.82) is 0 Å². The van der Waals surface area contributed by atoms with Crippen molar-refractivity contribution in [2.24, 2.45) is 0 Å². The molecule has 0 aromatic heterocycles. The first-order chi connectivity index (χ1) is 12.8. The van der Waals surface area contributed by atoms with Crippen molar-refractivity contribution in [3.05, 3.63) is 90.0 Å². The molecule has 3 nitrogen and oxygen atoms in total. The summed E-state index contributed by atoms with van der Waals surface area (Å²) in [5, 5.41) is 3.46. The average Bonchev–Trinajstić information content (AvgIpc) is 2.71. The maximum absolute atomic E-state index is 5.99. The fraction of sp³-hybridized carbons (Fsp3) is 0.217. The average molecular weight is 347 g/mol. The van der Waals surface area contributed by atoms with Gasteiger partial charge in [0.1, 0.15) is 18.1 Å². The molecule has 0 amide bonds. The number of rotatable bonds is 9. The monoisotopic (exact) mass is 347 g/mol. The van der Waals surface area contributed by atoms with E-state index in [1.54, 1.807) is 0 Å². The van der Waals surface area contributed by atoms with Gasteiger partial charge in [0.25, 0.3) is 0 Å². The van der Waals surface area contributed by atoms with Crippen molar-refractivity contribution < 1.29 is 9.47 Å². The summed E-state index contributed by atoms with van der Waals surface area (Å²) in [6.45, 7) is 4.15. The molecule has 0 fully saturated rings. The lowest BCUT2D eigenvalue weighted by molar-refractivity contribution is 0.307. The number of nitrogens with one attached hydrogen (secondary N) is 1. The highest BCUT2D eigenvalue weighted by Gasteiger charge is 2.04. The molecule has 26 heavy (non-hydrogen) atoms. The molecule has 0 atom stereocenters. The number of para-hydroxylation sites is 2. The van der Waals surface area contributed by atoms with Crippen LogP contribution >= 0.6 is 0 Å². The Morgan fingerprint density at radius 1 is 0.731 bits per heavy atom. The van der Waals surface area contributed by atoms with Crippen LogP contribution in [0.1, 0.15) is 24.5 Å². The summed E-state index contributed by atoms with van der Waals surface area (Å²) in [4.78, 5) is 0. The first-order valence-corrected chi connectivity index (χ1v) is 9.06. The number of ether oxygens (including phenoxy) is 2. The van der Waals surface area contributed by atoms with E-state index in [-0.39, 0.29) is 0 Å². The molecule has 1 N–H and O–H groups in total. The molecule has 0 aliphatic heterocycles. The molecule has 0 saturated carbocycles. The molecule has 3 aromatic rings. The Morgan fingerprint density at radius 3 is 2.23 bits per heavy atom. The van der Waals surface area contributed by atoms with Crippen LogP contribution in [0, 0.1) is 0 Å². The molecule has 0 unspecified atom stereocenters. The predicted molar refractivity (Wildman–Crippen MR) is 107 cm³/mol. The van der Waals surface area contributed by atoms with Gasteiger partial charge in [-0.1, -0.05) is 61.5 Å². The van der Waals surface area contributed by atoms with E-state index in [9.17, 15) is 0 Å². The van der Waals surface area contributed by atoms with Crippen molar-refractivity contribution in [2.45, 2.75) is 26.5 Å². The van der Waals surface area contributed by atoms with Gasteiger partial charge in [-0.05, 0) is 41.8 Å². The van der Waals surface area contributed by atoms with Crippen molar-refractivity contribution >= 4 is 5.69 Å². The Morgan fingerprint density at radius 2 is 1.46 bits per heavy atom. The van der Waals surface area contributed by atoms with Crippen LogP contribution in [0.5, 0.6) is 11.5 Å². The Bertz CT molecular complexity index is 785. The summed E-state index contributed by atoms with van der Waals surface area (Å²) in [5.74, 6) is 1.78. The lowest BCUT2D eigenvalue weighted by atomic mass is 10.2. The standard InChI is InChI=1S/C23H25NO2/c1-2-16-25-21-14-12-19(13-15-21)17-24-22-10-6-7-11-23(22)26-18-20-8-4-3-5-9-20/h3-15,24H,2,16-18H2,1H3. The van der Waals surface area contributed by atoms with E-state index in [1.165, 1.54) is 5.56 Å². The zero-order valence-electron chi connectivity index (χ0n) is 15.2. The Balaban J connectivity index is 1.58.